The highest BCUT2D eigenvalue weighted by molar-refractivity contribution is 5.96. The van der Waals surface area contributed by atoms with Crippen LogP contribution >= 0.6 is 0 Å². The number of benzene rings is 3. The van der Waals surface area contributed by atoms with Crippen molar-refractivity contribution in [3.05, 3.63) is 84.4 Å². The fourth-order valence-electron chi connectivity index (χ4n) is 7.53. The van der Waals surface area contributed by atoms with Gasteiger partial charge in [-0.3, -0.25) is 9.59 Å². The molecule has 2 aliphatic heterocycles. The number of rotatable bonds is 6. The van der Waals surface area contributed by atoms with Crippen molar-refractivity contribution >= 4 is 34.8 Å². The van der Waals surface area contributed by atoms with E-state index in [-0.39, 0.29) is 31.7 Å². The first-order chi connectivity index (χ1) is 26.3. The second-order valence-electron chi connectivity index (χ2n) is 15.4. The molecule has 2 fully saturated rings. The van der Waals surface area contributed by atoms with Crippen LogP contribution < -0.4 is 24.8 Å². The first-order valence-electron chi connectivity index (χ1n) is 18.6. The molecular formula is C42H46N4O9. The van der Waals surface area contributed by atoms with Gasteiger partial charge in [0, 0.05) is 35.9 Å². The van der Waals surface area contributed by atoms with Gasteiger partial charge in [0.2, 0.25) is 11.8 Å². The van der Waals surface area contributed by atoms with Crippen LogP contribution in [0.5, 0.6) is 17.2 Å². The van der Waals surface area contributed by atoms with Crippen molar-refractivity contribution < 1.29 is 43.2 Å². The number of carbonyl (C=O) groups excluding carboxylic acids is 3. The number of methoxy groups -OCH3 is 1. The number of nitrogens with zero attached hydrogens (tertiary/aromatic N) is 2. The molecule has 1 aliphatic carbocycles. The topological polar surface area (TPSA) is 166 Å². The fraction of sp³-hybridized carbons (Fsp3) is 0.405. The summed E-state index contributed by atoms with van der Waals surface area (Å²) in [4.78, 5) is 61.1. The number of hydrogen-bond donors (Lipinski definition) is 3. The SMILES string of the molecule is COc1ccc2c(O[C@@H]3C[C@H]4C(=O)N[C@@]5(C(=O)O)CC5CCCOc5cccc(c5)C[C@@H](NC(=O)OC(C)(C)C)C(=O)N4C3)cc(-c3ccccc3)nc2c1. The Morgan fingerprint density at radius 3 is 2.58 bits per heavy atom. The molecule has 3 amide bonds. The number of ether oxygens (including phenoxy) is 4. The van der Waals surface area contributed by atoms with Gasteiger partial charge in [-0.1, -0.05) is 42.5 Å². The number of fused-ring (bicyclic) bond motifs is 5. The summed E-state index contributed by atoms with van der Waals surface area (Å²) in [7, 11) is 1.58. The lowest BCUT2D eigenvalue weighted by atomic mass is 10.0. The van der Waals surface area contributed by atoms with Crippen molar-refractivity contribution in [2.45, 2.75) is 82.2 Å². The molecule has 4 aromatic rings. The number of hydrogen-bond acceptors (Lipinski definition) is 9. The van der Waals surface area contributed by atoms with Gasteiger partial charge in [0.25, 0.3) is 0 Å². The zero-order valence-electron chi connectivity index (χ0n) is 31.4. The summed E-state index contributed by atoms with van der Waals surface area (Å²) >= 11 is 0. The van der Waals surface area contributed by atoms with E-state index in [2.05, 4.69) is 10.6 Å². The van der Waals surface area contributed by atoms with E-state index in [0.29, 0.717) is 53.3 Å². The summed E-state index contributed by atoms with van der Waals surface area (Å²) in [6.45, 7) is 5.50. The second kappa shape index (κ2) is 15.1. The minimum absolute atomic E-state index is 0.0172. The smallest absolute Gasteiger partial charge is 0.408 e. The molecule has 0 spiro atoms. The Bertz CT molecular complexity index is 2100. The lowest BCUT2D eigenvalue weighted by Gasteiger charge is -2.30. The monoisotopic (exact) mass is 750 g/mol. The molecule has 3 aliphatic rings. The number of carboxylic acid groups (broad SMARTS) is 1. The molecule has 13 nitrogen and oxygen atoms in total. The van der Waals surface area contributed by atoms with Crippen LogP contribution in [0.1, 0.15) is 52.0 Å². The zero-order valence-corrected chi connectivity index (χ0v) is 31.4. The van der Waals surface area contributed by atoms with Crippen molar-refractivity contribution in [2.24, 2.45) is 5.92 Å². The maximum Gasteiger partial charge on any atom is 0.408 e. The van der Waals surface area contributed by atoms with E-state index in [1.807, 2.05) is 72.8 Å². The molecule has 288 valence electrons. The molecule has 1 saturated carbocycles. The first kappa shape index (κ1) is 37.5. The van der Waals surface area contributed by atoms with Gasteiger partial charge in [0.05, 0.1) is 31.5 Å². The average Bonchev–Trinajstić information content (AvgIpc) is 3.69. The number of nitrogens with one attached hydrogen (secondary N) is 2. The molecule has 5 atom stereocenters. The largest absolute Gasteiger partial charge is 0.497 e. The van der Waals surface area contributed by atoms with E-state index in [4.69, 9.17) is 23.9 Å². The van der Waals surface area contributed by atoms with Gasteiger partial charge in [0.15, 0.2) is 0 Å². The summed E-state index contributed by atoms with van der Waals surface area (Å²) in [5, 5.41) is 16.6. The number of alkyl carbamates (subject to hydrolysis) is 1. The molecule has 55 heavy (non-hydrogen) atoms. The van der Waals surface area contributed by atoms with Crippen molar-refractivity contribution in [3.63, 3.8) is 0 Å². The Hall–Kier alpha value is -5.85. The van der Waals surface area contributed by atoms with Gasteiger partial charge >= 0.3 is 12.1 Å². The Balaban J connectivity index is 1.26. The second-order valence-corrected chi connectivity index (χ2v) is 15.4. The molecule has 7 rings (SSSR count). The fourth-order valence-corrected chi connectivity index (χ4v) is 7.53. The van der Waals surface area contributed by atoms with Gasteiger partial charge in [-0.15, -0.1) is 0 Å². The third-order valence-electron chi connectivity index (χ3n) is 10.3. The minimum Gasteiger partial charge on any atom is -0.497 e. The standard InChI is InChI=1S/C42H46N4O9/c1-41(2,3)55-40(51)44-34-19-25-10-8-14-29(18-25)53-17-9-13-27-23-42(27,39(49)50)45-37(47)35-21-30(24-46(35)38(34)48)54-36-22-32(26-11-6-5-7-12-26)43-33-20-28(52-4)15-16-31(33)36/h5-8,10-12,14-16,18,20,22,27,30,34-35H,9,13,17,19,21,23-24H2,1-4H3,(H,44,51)(H,45,47)(H,49,50)/t27?,30-,34-,35+,42+/m1/s1. The summed E-state index contributed by atoms with van der Waals surface area (Å²) in [5.74, 6) is -0.860. The summed E-state index contributed by atoms with van der Waals surface area (Å²) < 4.78 is 23.7. The maximum atomic E-state index is 14.7. The highest BCUT2D eigenvalue weighted by atomic mass is 16.6. The number of aromatic nitrogens is 1. The van der Waals surface area contributed by atoms with Crippen LogP contribution in [0.2, 0.25) is 0 Å². The maximum absolute atomic E-state index is 14.7. The number of aliphatic carboxylic acids is 1. The predicted octanol–water partition coefficient (Wildman–Crippen LogP) is 5.53. The van der Waals surface area contributed by atoms with Crippen LogP contribution in [0, 0.1) is 5.92 Å². The van der Waals surface area contributed by atoms with Gasteiger partial charge in [0.1, 0.15) is 46.6 Å². The van der Waals surface area contributed by atoms with Gasteiger partial charge in [-0.2, -0.15) is 0 Å². The number of carbonyl (C=O) groups is 4. The van der Waals surface area contributed by atoms with Crippen molar-refractivity contribution in [1.29, 1.82) is 0 Å². The molecule has 3 heterocycles. The summed E-state index contributed by atoms with van der Waals surface area (Å²) in [6, 6.07) is 22.0. The number of carboxylic acids is 1. The predicted molar refractivity (Wildman–Crippen MR) is 203 cm³/mol. The Kier molecular flexibility index (Phi) is 10.3. The van der Waals surface area contributed by atoms with Crippen LogP contribution in [0.25, 0.3) is 22.2 Å². The van der Waals surface area contributed by atoms with Crippen LogP contribution in [0.15, 0.2) is 78.9 Å². The average molecular weight is 751 g/mol. The summed E-state index contributed by atoms with van der Waals surface area (Å²) in [6.07, 6.45) is 0.0543. The third kappa shape index (κ3) is 8.30. The third-order valence-corrected chi connectivity index (χ3v) is 10.3. The van der Waals surface area contributed by atoms with Crippen LogP contribution in [-0.2, 0) is 25.5 Å². The van der Waals surface area contributed by atoms with Gasteiger partial charge in [-0.25, -0.2) is 14.6 Å². The molecule has 3 aromatic carbocycles. The zero-order chi connectivity index (χ0) is 38.9. The molecule has 0 radical (unpaired) electrons. The van der Waals surface area contributed by atoms with E-state index in [0.717, 1.165) is 11.1 Å². The summed E-state index contributed by atoms with van der Waals surface area (Å²) in [5.41, 5.74) is 0.585. The molecule has 2 bridgehead atoms. The van der Waals surface area contributed by atoms with Crippen molar-refractivity contribution in [2.75, 3.05) is 20.3 Å². The number of amides is 3. The van der Waals surface area contributed by atoms with Crippen molar-refractivity contribution in [1.82, 2.24) is 20.5 Å². The molecule has 3 N–H and O–H groups in total. The number of pyridine rings is 1. The Morgan fingerprint density at radius 2 is 1.84 bits per heavy atom. The van der Waals surface area contributed by atoms with E-state index >= 15 is 0 Å². The molecule has 1 unspecified atom stereocenters. The lowest BCUT2D eigenvalue weighted by Crippen LogP contribution is -2.57. The normalized spacial score (nSPS) is 24.1. The van der Waals surface area contributed by atoms with E-state index in [1.165, 1.54) is 4.90 Å². The Morgan fingerprint density at radius 1 is 1.04 bits per heavy atom. The Labute approximate surface area is 319 Å². The van der Waals surface area contributed by atoms with Gasteiger partial charge in [-0.05, 0) is 75.8 Å². The molecular weight excluding hydrogens is 704 g/mol. The lowest BCUT2D eigenvalue weighted by molar-refractivity contribution is -0.146. The molecule has 1 saturated heterocycles. The quantitative estimate of drug-likeness (QED) is 0.228. The highest BCUT2D eigenvalue weighted by Gasteiger charge is 2.62. The van der Waals surface area contributed by atoms with Crippen LogP contribution in [0.3, 0.4) is 0 Å². The van der Waals surface area contributed by atoms with E-state index in [9.17, 15) is 24.3 Å². The molecule has 13 heteroatoms. The van der Waals surface area contributed by atoms with Crippen molar-refractivity contribution in [3.8, 4) is 28.5 Å². The molecule has 1 aromatic heterocycles. The minimum atomic E-state index is -1.46. The highest BCUT2D eigenvalue weighted by Crippen LogP contribution is 2.47. The van der Waals surface area contributed by atoms with E-state index < -0.39 is 53.2 Å². The van der Waals surface area contributed by atoms with Crippen LogP contribution in [0.4, 0.5) is 4.79 Å². The first-order valence-corrected chi connectivity index (χ1v) is 18.6. The van der Waals surface area contributed by atoms with E-state index in [1.54, 1.807) is 33.9 Å². The van der Waals surface area contributed by atoms with Gasteiger partial charge < -0.3 is 39.6 Å². The van der Waals surface area contributed by atoms with Crippen LogP contribution in [-0.4, -0.2) is 88.5 Å².